The molecule has 4 aromatic rings. The summed E-state index contributed by atoms with van der Waals surface area (Å²) >= 11 is 0. The van der Waals surface area contributed by atoms with Crippen molar-refractivity contribution in [3.05, 3.63) is 95.8 Å². The lowest BCUT2D eigenvalue weighted by Gasteiger charge is -2.20. The molecule has 3 aromatic carbocycles. The molecule has 0 radical (unpaired) electrons. The van der Waals surface area contributed by atoms with Gasteiger partial charge in [0, 0.05) is 17.2 Å². The van der Waals surface area contributed by atoms with Crippen molar-refractivity contribution in [2.75, 3.05) is 6.26 Å². The van der Waals surface area contributed by atoms with E-state index in [1.807, 2.05) is 49.4 Å². The van der Waals surface area contributed by atoms with E-state index in [0.29, 0.717) is 39.0 Å². The van der Waals surface area contributed by atoms with Gasteiger partial charge < -0.3 is 5.32 Å². The number of pyridine rings is 1. The molecule has 0 saturated heterocycles. The Kier molecular flexibility index (Phi) is 6.42. The van der Waals surface area contributed by atoms with Crippen molar-refractivity contribution >= 4 is 27.6 Å². The Labute approximate surface area is 189 Å². The van der Waals surface area contributed by atoms with E-state index in [-0.39, 0.29) is 11.9 Å². The van der Waals surface area contributed by atoms with E-state index in [9.17, 15) is 13.4 Å². The van der Waals surface area contributed by atoms with Crippen LogP contribution in [0.25, 0.3) is 22.2 Å². The van der Waals surface area contributed by atoms with Crippen molar-refractivity contribution in [1.82, 2.24) is 10.3 Å². The number of rotatable bonds is 6. The molecule has 0 spiro atoms. The van der Waals surface area contributed by atoms with Crippen LogP contribution in [-0.2, 0) is 10.8 Å². The van der Waals surface area contributed by atoms with Gasteiger partial charge in [0.25, 0.3) is 5.91 Å². The third-order valence-corrected chi connectivity index (χ3v) is 6.35. The monoisotopic (exact) mass is 446 g/mol. The van der Waals surface area contributed by atoms with Gasteiger partial charge in [-0.1, -0.05) is 67.6 Å². The van der Waals surface area contributed by atoms with Gasteiger partial charge in [-0.3, -0.25) is 9.00 Å². The summed E-state index contributed by atoms with van der Waals surface area (Å²) in [5, 5.41) is 3.71. The SMILES string of the molecule is CC[C@H](NC(=O)c1c(S(C)=O)c(-c2cccc(F)c2)nc2ccccc12)c1ccccc1. The van der Waals surface area contributed by atoms with Crippen LogP contribution in [0.3, 0.4) is 0 Å². The van der Waals surface area contributed by atoms with Crippen molar-refractivity contribution in [2.45, 2.75) is 24.3 Å². The van der Waals surface area contributed by atoms with Gasteiger partial charge in [0.1, 0.15) is 5.82 Å². The minimum Gasteiger partial charge on any atom is -0.345 e. The maximum absolute atomic E-state index is 14.0. The highest BCUT2D eigenvalue weighted by molar-refractivity contribution is 7.84. The fraction of sp³-hybridized carbons (Fsp3) is 0.154. The first-order valence-electron chi connectivity index (χ1n) is 10.4. The lowest BCUT2D eigenvalue weighted by Crippen LogP contribution is -2.29. The zero-order valence-corrected chi connectivity index (χ0v) is 18.7. The zero-order valence-electron chi connectivity index (χ0n) is 17.8. The second-order valence-electron chi connectivity index (χ2n) is 7.49. The molecule has 6 heteroatoms. The lowest BCUT2D eigenvalue weighted by molar-refractivity contribution is 0.0934. The number of nitrogens with one attached hydrogen (secondary N) is 1. The number of para-hydroxylation sites is 1. The maximum Gasteiger partial charge on any atom is 0.253 e. The molecule has 1 aromatic heterocycles. The van der Waals surface area contributed by atoms with Gasteiger partial charge in [-0.15, -0.1) is 0 Å². The van der Waals surface area contributed by atoms with Gasteiger partial charge in [0.2, 0.25) is 0 Å². The fourth-order valence-electron chi connectivity index (χ4n) is 3.87. The second kappa shape index (κ2) is 9.40. The van der Waals surface area contributed by atoms with Crippen LogP contribution < -0.4 is 5.32 Å². The van der Waals surface area contributed by atoms with E-state index in [0.717, 1.165) is 5.56 Å². The highest BCUT2D eigenvalue weighted by Crippen LogP contribution is 2.33. The number of benzene rings is 3. The maximum atomic E-state index is 14.0. The predicted octanol–water partition coefficient (Wildman–Crippen LogP) is 5.66. The fourth-order valence-corrected chi connectivity index (χ4v) is 4.79. The summed E-state index contributed by atoms with van der Waals surface area (Å²) in [5.41, 5.74) is 2.71. The number of fused-ring (bicyclic) bond motifs is 1. The highest BCUT2D eigenvalue weighted by atomic mass is 32.2. The van der Waals surface area contributed by atoms with Crippen molar-refractivity contribution in [3.63, 3.8) is 0 Å². The zero-order chi connectivity index (χ0) is 22.7. The van der Waals surface area contributed by atoms with Crippen LogP contribution in [0.1, 0.15) is 35.3 Å². The van der Waals surface area contributed by atoms with Crippen molar-refractivity contribution in [2.24, 2.45) is 0 Å². The number of carbonyl (C=O) groups excluding carboxylic acids is 1. The number of carbonyl (C=O) groups is 1. The Morgan fingerprint density at radius 2 is 1.75 bits per heavy atom. The average Bonchev–Trinajstić information content (AvgIpc) is 2.81. The average molecular weight is 447 g/mol. The van der Waals surface area contributed by atoms with Gasteiger partial charge in [0.15, 0.2) is 0 Å². The smallest absolute Gasteiger partial charge is 0.253 e. The molecule has 1 amide bonds. The van der Waals surface area contributed by atoms with Crippen LogP contribution in [0.5, 0.6) is 0 Å². The topological polar surface area (TPSA) is 59.1 Å². The van der Waals surface area contributed by atoms with Crippen LogP contribution in [-0.4, -0.2) is 21.4 Å². The van der Waals surface area contributed by atoms with Crippen LogP contribution in [0.2, 0.25) is 0 Å². The van der Waals surface area contributed by atoms with E-state index in [1.54, 1.807) is 24.3 Å². The Morgan fingerprint density at radius 1 is 1.03 bits per heavy atom. The van der Waals surface area contributed by atoms with Crippen LogP contribution in [0.15, 0.2) is 83.8 Å². The summed E-state index contributed by atoms with van der Waals surface area (Å²) in [7, 11) is -1.54. The van der Waals surface area contributed by atoms with Crippen molar-refractivity contribution in [3.8, 4) is 11.3 Å². The normalized spacial score (nSPS) is 13.0. The minimum absolute atomic E-state index is 0.202. The van der Waals surface area contributed by atoms with Crippen LogP contribution >= 0.6 is 0 Å². The first kappa shape index (κ1) is 21.8. The standard InChI is InChI=1S/C26H23FN2O2S/c1-3-21(17-10-5-4-6-11-17)29-26(30)23-20-14-7-8-15-22(20)28-24(25(23)32(2)31)18-12-9-13-19(27)16-18/h4-16,21H,3H2,1-2H3,(H,29,30)/t21-,32?/m0/s1. The summed E-state index contributed by atoms with van der Waals surface area (Å²) in [6.07, 6.45) is 2.21. The number of aromatic nitrogens is 1. The van der Waals surface area contributed by atoms with E-state index in [1.165, 1.54) is 18.4 Å². The van der Waals surface area contributed by atoms with Gasteiger partial charge in [0.05, 0.1) is 38.5 Å². The minimum atomic E-state index is -1.54. The molecule has 1 N–H and O–H groups in total. The van der Waals surface area contributed by atoms with E-state index in [2.05, 4.69) is 10.3 Å². The van der Waals surface area contributed by atoms with Crippen molar-refractivity contribution < 1.29 is 13.4 Å². The molecule has 0 aliphatic carbocycles. The van der Waals surface area contributed by atoms with Crippen LogP contribution in [0.4, 0.5) is 4.39 Å². The largest absolute Gasteiger partial charge is 0.345 e. The predicted molar refractivity (Wildman–Crippen MR) is 126 cm³/mol. The lowest BCUT2D eigenvalue weighted by atomic mass is 10.0. The molecule has 4 nitrogen and oxygen atoms in total. The summed E-state index contributed by atoms with van der Waals surface area (Å²) in [5.74, 6) is -0.756. The number of amides is 1. The molecule has 162 valence electrons. The van der Waals surface area contributed by atoms with E-state index < -0.39 is 16.6 Å². The summed E-state index contributed by atoms with van der Waals surface area (Å²) < 4.78 is 26.9. The molecule has 0 saturated carbocycles. The number of hydrogen-bond donors (Lipinski definition) is 1. The number of hydrogen-bond acceptors (Lipinski definition) is 3. The summed E-state index contributed by atoms with van der Waals surface area (Å²) in [6, 6.07) is 22.7. The molecule has 0 aliphatic heterocycles. The Morgan fingerprint density at radius 3 is 2.44 bits per heavy atom. The summed E-state index contributed by atoms with van der Waals surface area (Å²) in [4.78, 5) is 18.6. The molecule has 0 aliphatic rings. The molecule has 1 unspecified atom stereocenters. The molecule has 2 atom stereocenters. The second-order valence-corrected chi connectivity index (χ2v) is 8.81. The van der Waals surface area contributed by atoms with Gasteiger partial charge in [-0.05, 0) is 30.2 Å². The molecular formula is C26H23FN2O2S. The number of halogens is 1. The van der Waals surface area contributed by atoms with Gasteiger partial charge >= 0.3 is 0 Å². The summed E-state index contributed by atoms with van der Waals surface area (Å²) in [6.45, 7) is 2.00. The van der Waals surface area contributed by atoms with Crippen LogP contribution in [0, 0.1) is 5.82 Å². The molecular weight excluding hydrogens is 423 g/mol. The third kappa shape index (κ3) is 4.32. The Balaban J connectivity index is 1.92. The highest BCUT2D eigenvalue weighted by Gasteiger charge is 2.25. The molecule has 32 heavy (non-hydrogen) atoms. The third-order valence-electron chi connectivity index (χ3n) is 5.38. The first-order valence-corrected chi connectivity index (χ1v) is 11.9. The van der Waals surface area contributed by atoms with E-state index >= 15 is 0 Å². The molecule has 0 fully saturated rings. The van der Waals surface area contributed by atoms with E-state index in [4.69, 9.17) is 0 Å². The molecule has 0 bridgehead atoms. The Bertz CT molecular complexity index is 1310. The molecule has 4 rings (SSSR count). The van der Waals surface area contributed by atoms with Crippen molar-refractivity contribution in [1.29, 1.82) is 0 Å². The van der Waals surface area contributed by atoms with Gasteiger partial charge in [-0.25, -0.2) is 9.37 Å². The first-order chi connectivity index (χ1) is 15.5. The Hall–Kier alpha value is -3.38. The quantitative estimate of drug-likeness (QED) is 0.416. The number of nitrogens with zero attached hydrogens (tertiary/aromatic N) is 1. The van der Waals surface area contributed by atoms with Gasteiger partial charge in [-0.2, -0.15) is 0 Å². The molecule has 1 heterocycles.